The minimum Gasteiger partial charge on any atom is -0.356 e. The van der Waals surface area contributed by atoms with Gasteiger partial charge in [-0.15, -0.1) is 0 Å². The zero-order valence-electron chi connectivity index (χ0n) is 10.0. The van der Waals surface area contributed by atoms with Gasteiger partial charge >= 0.3 is 0 Å². The number of carbonyl (C=O) groups excluding carboxylic acids is 1. The van der Waals surface area contributed by atoms with Crippen molar-refractivity contribution < 1.29 is 14.3 Å². The first-order valence-corrected chi connectivity index (χ1v) is 6.43. The Hall–Kier alpha value is -0.410. The van der Waals surface area contributed by atoms with Crippen molar-refractivity contribution >= 4 is 5.78 Å². The van der Waals surface area contributed by atoms with E-state index in [1.54, 1.807) is 7.11 Å². The Balaban J connectivity index is 1.93. The summed E-state index contributed by atoms with van der Waals surface area (Å²) in [6.07, 6.45) is 4.25. The lowest BCUT2D eigenvalue weighted by Gasteiger charge is -2.41. The second-order valence-electron chi connectivity index (χ2n) is 5.62. The summed E-state index contributed by atoms with van der Waals surface area (Å²) in [6.45, 7) is 2.17. The smallest absolute Gasteiger partial charge is 0.161 e. The van der Waals surface area contributed by atoms with Gasteiger partial charge in [0.1, 0.15) is 5.78 Å². The quantitative estimate of drug-likeness (QED) is 0.683. The van der Waals surface area contributed by atoms with Crippen LogP contribution in [0.25, 0.3) is 0 Å². The molecule has 0 radical (unpaired) electrons. The molecule has 1 aliphatic heterocycles. The fourth-order valence-electron chi connectivity index (χ4n) is 4.14. The van der Waals surface area contributed by atoms with Crippen molar-refractivity contribution in [3.8, 4) is 0 Å². The third kappa shape index (κ3) is 1.37. The number of carbonyl (C=O) groups is 1. The first-order valence-electron chi connectivity index (χ1n) is 6.43. The zero-order chi connectivity index (χ0) is 11.3. The SMILES string of the molecule is COC1O[C@H]2CCC[C@H]3C(=O)C[C@H](C)[C@@H]1[C@@H]23. The highest BCUT2D eigenvalue weighted by atomic mass is 16.7. The van der Waals surface area contributed by atoms with E-state index in [0.29, 0.717) is 23.5 Å². The highest BCUT2D eigenvalue weighted by Crippen LogP contribution is 2.52. The summed E-state index contributed by atoms with van der Waals surface area (Å²) >= 11 is 0. The number of hydrogen-bond donors (Lipinski definition) is 0. The fourth-order valence-corrected chi connectivity index (χ4v) is 4.14. The molecule has 0 aromatic heterocycles. The molecule has 3 nitrogen and oxygen atoms in total. The normalized spacial score (nSPS) is 51.5. The van der Waals surface area contributed by atoms with E-state index in [-0.39, 0.29) is 18.3 Å². The van der Waals surface area contributed by atoms with Crippen molar-refractivity contribution in [2.45, 2.75) is 45.0 Å². The first kappa shape index (κ1) is 10.7. The number of hydrogen-bond acceptors (Lipinski definition) is 3. The molecule has 1 unspecified atom stereocenters. The number of Topliss-reactive ketones (excluding diaryl/α,β-unsaturated/α-hetero) is 1. The van der Waals surface area contributed by atoms with E-state index in [0.717, 1.165) is 25.7 Å². The summed E-state index contributed by atoms with van der Waals surface area (Å²) in [7, 11) is 1.72. The summed E-state index contributed by atoms with van der Waals surface area (Å²) < 4.78 is 11.4. The van der Waals surface area contributed by atoms with Gasteiger partial charge in [-0.3, -0.25) is 4.79 Å². The Morgan fingerprint density at radius 2 is 2.12 bits per heavy atom. The van der Waals surface area contributed by atoms with E-state index in [2.05, 4.69) is 6.92 Å². The van der Waals surface area contributed by atoms with Crippen LogP contribution in [-0.2, 0) is 14.3 Å². The van der Waals surface area contributed by atoms with Crippen LogP contribution >= 0.6 is 0 Å². The maximum absolute atomic E-state index is 12.1. The van der Waals surface area contributed by atoms with Crippen molar-refractivity contribution in [3.63, 3.8) is 0 Å². The van der Waals surface area contributed by atoms with Crippen molar-refractivity contribution in [2.75, 3.05) is 7.11 Å². The van der Waals surface area contributed by atoms with Gasteiger partial charge in [0.05, 0.1) is 6.10 Å². The Labute approximate surface area is 96.5 Å². The van der Waals surface area contributed by atoms with Gasteiger partial charge in [-0.1, -0.05) is 13.3 Å². The minimum atomic E-state index is -0.0706. The minimum absolute atomic E-state index is 0.0706. The second kappa shape index (κ2) is 3.81. The molecular weight excluding hydrogens is 204 g/mol. The Morgan fingerprint density at radius 3 is 2.88 bits per heavy atom. The van der Waals surface area contributed by atoms with Gasteiger partial charge in [0.2, 0.25) is 0 Å². The monoisotopic (exact) mass is 224 g/mol. The maximum atomic E-state index is 12.1. The molecule has 0 bridgehead atoms. The molecule has 1 heterocycles. The number of ether oxygens (including phenoxy) is 2. The summed E-state index contributed by atoms with van der Waals surface area (Å²) in [5.41, 5.74) is 0. The first-order chi connectivity index (χ1) is 7.72. The van der Waals surface area contributed by atoms with Gasteiger partial charge < -0.3 is 9.47 Å². The average molecular weight is 224 g/mol. The lowest BCUT2D eigenvalue weighted by Crippen LogP contribution is -2.45. The van der Waals surface area contributed by atoms with Crippen molar-refractivity contribution in [3.05, 3.63) is 0 Å². The molecule has 1 saturated heterocycles. The van der Waals surface area contributed by atoms with Gasteiger partial charge in [0.15, 0.2) is 6.29 Å². The predicted octanol–water partition coefficient (Wildman–Crippen LogP) is 2.00. The molecule has 3 heteroatoms. The summed E-state index contributed by atoms with van der Waals surface area (Å²) in [4.78, 5) is 12.1. The van der Waals surface area contributed by atoms with Crippen LogP contribution in [-0.4, -0.2) is 25.3 Å². The molecule has 0 aromatic carbocycles. The molecule has 0 aromatic rings. The Kier molecular flexibility index (Phi) is 2.55. The molecular formula is C13H20O3. The average Bonchev–Trinajstić information content (AvgIpc) is 2.65. The van der Waals surface area contributed by atoms with Crippen molar-refractivity contribution in [1.29, 1.82) is 0 Å². The molecule has 3 fully saturated rings. The maximum Gasteiger partial charge on any atom is 0.161 e. The van der Waals surface area contributed by atoms with Crippen LogP contribution in [0.3, 0.4) is 0 Å². The summed E-state index contributed by atoms with van der Waals surface area (Å²) in [5.74, 6) is 2.04. The molecule has 0 amide bonds. The van der Waals surface area contributed by atoms with Crippen molar-refractivity contribution in [1.82, 2.24) is 0 Å². The highest BCUT2D eigenvalue weighted by Gasteiger charge is 2.56. The standard InChI is InChI=1S/C13H20O3/c1-7-6-9(14)8-4-3-5-10-12(8)11(7)13(15-2)16-10/h7-8,10-13H,3-6H2,1-2H3/t7-,8-,10-,11+,12+,13?/m0/s1. The van der Waals surface area contributed by atoms with Crippen LogP contribution in [0.4, 0.5) is 0 Å². The largest absolute Gasteiger partial charge is 0.356 e. The number of methoxy groups -OCH3 is 1. The molecule has 6 atom stereocenters. The Bertz CT molecular complexity index is 302. The van der Waals surface area contributed by atoms with E-state index in [1.807, 2.05) is 0 Å². The van der Waals surface area contributed by atoms with Crippen LogP contribution in [0.15, 0.2) is 0 Å². The second-order valence-corrected chi connectivity index (χ2v) is 5.62. The lowest BCUT2D eigenvalue weighted by atomic mass is 9.61. The molecule has 16 heavy (non-hydrogen) atoms. The number of rotatable bonds is 1. The van der Waals surface area contributed by atoms with Gasteiger partial charge in [0, 0.05) is 31.3 Å². The highest BCUT2D eigenvalue weighted by molar-refractivity contribution is 5.82. The van der Waals surface area contributed by atoms with Crippen LogP contribution in [0, 0.1) is 23.7 Å². The van der Waals surface area contributed by atoms with Gasteiger partial charge in [-0.2, -0.15) is 0 Å². The summed E-state index contributed by atoms with van der Waals surface area (Å²) in [6, 6.07) is 0. The fraction of sp³-hybridized carbons (Fsp3) is 0.923. The van der Waals surface area contributed by atoms with Crippen molar-refractivity contribution in [2.24, 2.45) is 23.7 Å². The van der Waals surface area contributed by atoms with E-state index < -0.39 is 0 Å². The summed E-state index contributed by atoms with van der Waals surface area (Å²) in [5, 5.41) is 0. The van der Waals surface area contributed by atoms with E-state index in [9.17, 15) is 4.79 Å². The third-order valence-corrected chi connectivity index (χ3v) is 4.79. The lowest BCUT2D eigenvalue weighted by molar-refractivity contribution is -0.141. The number of ketones is 1. The zero-order valence-corrected chi connectivity index (χ0v) is 10.0. The van der Waals surface area contributed by atoms with E-state index >= 15 is 0 Å². The predicted molar refractivity (Wildman–Crippen MR) is 58.8 cm³/mol. The molecule has 2 aliphatic carbocycles. The Morgan fingerprint density at radius 1 is 1.31 bits per heavy atom. The van der Waals surface area contributed by atoms with E-state index in [1.165, 1.54) is 0 Å². The van der Waals surface area contributed by atoms with Gasteiger partial charge in [-0.25, -0.2) is 0 Å². The molecule has 90 valence electrons. The van der Waals surface area contributed by atoms with E-state index in [4.69, 9.17) is 9.47 Å². The van der Waals surface area contributed by atoms with Crippen LogP contribution in [0.1, 0.15) is 32.6 Å². The molecule has 3 rings (SSSR count). The van der Waals surface area contributed by atoms with Crippen LogP contribution in [0.2, 0.25) is 0 Å². The molecule has 0 spiro atoms. The molecule has 3 aliphatic rings. The van der Waals surface area contributed by atoms with Crippen LogP contribution < -0.4 is 0 Å². The topological polar surface area (TPSA) is 35.5 Å². The molecule has 2 saturated carbocycles. The third-order valence-electron chi connectivity index (χ3n) is 4.79. The van der Waals surface area contributed by atoms with Gasteiger partial charge in [-0.05, 0) is 18.8 Å². The van der Waals surface area contributed by atoms with Crippen LogP contribution in [0.5, 0.6) is 0 Å². The molecule has 0 N–H and O–H groups in total. The van der Waals surface area contributed by atoms with Gasteiger partial charge in [0.25, 0.3) is 0 Å².